The monoisotopic (exact) mass is 486 g/mol. The number of ether oxygens (including phenoxy) is 3. The molecule has 0 radical (unpaired) electrons. The maximum absolute atomic E-state index is 12.1. The van der Waals surface area contributed by atoms with Gasteiger partial charge in [0.05, 0.1) is 25.9 Å². The largest absolute Gasteiger partial charge is 0.507 e. The van der Waals surface area contributed by atoms with Gasteiger partial charge in [-0.3, -0.25) is 4.79 Å². The molecule has 9 nitrogen and oxygen atoms in total. The van der Waals surface area contributed by atoms with E-state index in [-0.39, 0.29) is 18.3 Å². The fourth-order valence-corrected chi connectivity index (χ4v) is 3.36. The highest BCUT2D eigenvalue weighted by Crippen LogP contribution is 2.30. The van der Waals surface area contributed by atoms with E-state index in [1.807, 2.05) is 42.5 Å². The molecule has 36 heavy (non-hydrogen) atoms. The normalized spacial score (nSPS) is 10.7. The lowest BCUT2D eigenvalue weighted by molar-refractivity contribution is -0.121. The third kappa shape index (κ3) is 6.21. The van der Waals surface area contributed by atoms with Crippen LogP contribution < -0.4 is 10.1 Å². The van der Waals surface area contributed by atoms with Crippen molar-refractivity contribution >= 4 is 11.6 Å². The van der Waals surface area contributed by atoms with E-state index < -0.39 is 0 Å². The molecule has 4 aromatic rings. The van der Waals surface area contributed by atoms with Crippen LogP contribution in [0.3, 0.4) is 0 Å². The number of hydrogen-bond acceptors (Lipinski definition) is 8. The maximum atomic E-state index is 12.1. The molecule has 184 valence electrons. The number of para-hydroxylation sites is 1. The number of nitrogens with zero attached hydrogens (tertiary/aromatic N) is 3. The Balaban J connectivity index is 1.63. The van der Waals surface area contributed by atoms with Crippen molar-refractivity contribution in [3.05, 3.63) is 72.8 Å². The van der Waals surface area contributed by atoms with Gasteiger partial charge in [-0.25, -0.2) is 15.0 Å². The van der Waals surface area contributed by atoms with Gasteiger partial charge in [0, 0.05) is 23.9 Å². The van der Waals surface area contributed by atoms with E-state index in [9.17, 15) is 9.90 Å². The molecule has 4 rings (SSSR count). The van der Waals surface area contributed by atoms with E-state index in [4.69, 9.17) is 14.2 Å². The average Bonchev–Trinajstić information content (AvgIpc) is 2.91. The number of phenolic OH excluding ortho intramolecular Hbond substituents is 1. The van der Waals surface area contributed by atoms with Crippen LogP contribution in [0.4, 0.5) is 5.69 Å². The number of carbonyl (C=O) groups is 1. The first-order chi connectivity index (χ1) is 17.6. The van der Waals surface area contributed by atoms with E-state index >= 15 is 0 Å². The van der Waals surface area contributed by atoms with Crippen molar-refractivity contribution in [3.8, 4) is 45.7 Å². The zero-order valence-corrected chi connectivity index (χ0v) is 20.0. The predicted molar refractivity (Wildman–Crippen MR) is 136 cm³/mol. The van der Waals surface area contributed by atoms with Gasteiger partial charge < -0.3 is 24.6 Å². The summed E-state index contributed by atoms with van der Waals surface area (Å²) >= 11 is 0. The molecule has 0 unspecified atom stereocenters. The second kappa shape index (κ2) is 11.9. The van der Waals surface area contributed by atoms with Crippen molar-refractivity contribution in [2.75, 3.05) is 39.4 Å². The van der Waals surface area contributed by atoms with Crippen molar-refractivity contribution in [1.29, 1.82) is 0 Å². The lowest BCUT2D eigenvalue weighted by Gasteiger charge is -2.10. The summed E-state index contributed by atoms with van der Waals surface area (Å²) in [7, 11) is 3.18. The average molecular weight is 487 g/mol. The Labute approximate surface area is 208 Å². The smallest absolute Gasteiger partial charge is 0.250 e. The van der Waals surface area contributed by atoms with Crippen molar-refractivity contribution in [2.45, 2.75) is 0 Å². The van der Waals surface area contributed by atoms with Crippen molar-refractivity contribution in [3.63, 3.8) is 0 Å². The van der Waals surface area contributed by atoms with Crippen LogP contribution in [0.1, 0.15) is 0 Å². The Kier molecular flexibility index (Phi) is 8.17. The highest BCUT2D eigenvalue weighted by atomic mass is 16.5. The Morgan fingerprint density at radius 3 is 2.03 bits per heavy atom. The number of benzene rings is 3. The van der Waals surface area contributed by atoms with Crippen molar-refractivity contribution in [1.82, 2.24) is 15.0 Å². The molecule has 0 aliphatic carbocycles. The summed E-state index contributed by atoms with van der Waals surface area (Å²) in [6.45, 7) is 0.709. The molecule has 0 bridgehead atoms. The van der Waals surface area contributed by atoms with E-state index in [1.165, 1.54) is 0 Å². The van der Waals surface area contributed by atoms with Gasteiger partial charge in [-0.15, -0.1) is 0 Å². The summed E-state index contributed by atoms with van der Waals surface area (Å²) in [6, 6.07) is 21.4. The summed E-state index contributed by atoms with van der Waals surface area (Å²) in [5, 5.41) is 13.2. The van der Waals surface area contributed by atoms with E-state index in [2.05, 4.69) is 20.3 Å². The van der Waals surface area contributed by atoms with Crippen LogP contribution in [0.15, 0.2) is 72.8 Å². The Morgan fingerprint density at radius 2 is 1.42 bits per heavy atom. The lowest BCUT2D eigenvalue weighted by atomic mass is 10.1. The Morgan fingerprint density at radius 1 is 0.806 bits per heavy atom. The van der Waals surface area contributed by atoms with Gasteiger partial charge in [0.15, 0.2) is 17.5 Å². The molecule has 9 heteroatoms. The first kappa shape index (κ1) is 24.8. The third-order valence-corrected chi connectivity index (χ3v) is 5.22. The molecule has 3 aromatic carbocycles. The Hall–Kier alpha value is -4.34. The fourth-order valence-electron chi connectivity index (χ4n) is 3.36. The first-order valence-electron chi connectivity index (χ1n) is 11.2. The SMILES string of the molecule is COCCOCC(=O)Nc1ccc(-c2nc(-c3ccc(OC)cc3)nc(-c3ccccc3O)n2)cc1. The predicted octanol–water partition coefficient (Wildman–Crippen LogP) is 4.19. The summed E-state index contributed by atoms with van der Waals surface area (Å²) in [4.78, 5) is 26.0. The number of amides is 1. The van der Waals surface area contributed by atoms with Crippen LogP contribution in [-0.4, -0.2) is 60.0 Å². The van der Waals surface area contributed by atoms with Crippen LogP contribution in [0.2, 0.25) is 0 Å². The Bertz CT molecular complexity index is 1310. The zero-order valence-electron chi connectivity index (χ0n) is 20.0. The maximum Gasteiger partial charge on any atom is 0.250 e. The van der Waals surface area contributed by atoms with Crippen LogP contribution in [0.25, 0.3) is 34.2 Å². The number of phenols is 1. The molecule has 0 aliphatic rings. The van der Waals surface area contributed by atoms with E-state index in [0.717, 1.165) is 16.9 Å². The lowest BCUT2D eigenvalue weighted by Crippen LogP contribution is -2.19. The minimum absolute atomic E-state index is 0.0618. The number of aromatic nitrogens is 3. The van der Waals surface area contributed by atoms with Gasteiger partial charge in [0.1, 0.15) is 18.1 Å². The molecular formula is C27H26N4O5. The molecule has 0 spiro atoms. The minimum Gasteiger partial charge on any atom is -0.507 e. The molecule has 1 aromatic heterocycles. The van der Waals surface area contributed by atoms with Crippen LogP contribution in [-0.2, 0) is 14.3 Å². The highest BCUT2D eigenvalue weighted by Gasteiger charge is 2.15. The van der Waals surface area contributed by atoms with Crippen molar-refractivity contribution < 1.29 is 24.1 Å². The second-order valence-electron chi connectivity index (χ2n) is 7.72. The summed E-state index contributed by atoms with van der Waals surface area (Å²) < 4.78 is 15.4. The molecule has 0 saturated carbocycles. The van der Waals surface area contributed by atoms with Gasteiger partial charge in [-0.05, 0) is 60.7 Å². The standard InChI is InChI=1S/C27H26N4O5/c1-34-15-16-36-17-24(33)28-20-11-7-18(8-12-20)25-29-26(19-9-13-21(35-2)14-10-19)31-27(30-25)22-5-3-4-6-23(22)32/h3-14,32H,15-17H2,1-2H3,(H,28,33). The summed E-state index contributed by atoms with van der Waals surface area (Å²) in [5.74, 6) is 1.75. The quantitative estimate of drug-likeness (QED) is 0.321. The van der Waals surface area contributed by atoms with Crippen LogP contribution in [0.5, 0.6) is 11.5 Å². The minimum atomic E-state index is -0.261. The van der Waals surface area contributed by atoms with Gasteiger partial charge in [0.25, 0.3) is 0 Å². The summed E-state index contributed by atoms with van der Waals surface area (Å²) in [6.07, 6.45) is 0. The number of carbonyl (C=O) groups excluding carboxylic acids is 1. The van der Waals surface area contributed by atoms with Gasteiger partial charge >= 0.3 is 0 Å². The van der Waals surface area contributed by atoms with E-state index in [1.54, 1.807) is 44.6 Å². The highest BCUT2D eigenvalue weighted by molar-refractivity contribution is 5.91. The summed E-state index contributed by atoms with van der Waals surface area (Å²) in [5.41, 5.74) is 2.60. The number of rotatable bonds is 10. The van der Waals surface area contributed by atoms with Gasteiger partial charge in [-0.2, -0.15) is 0 Å². The number of nitrogens with one attached hydrogen (secondary N) is 1. The number of aromatic hydroxyl groups is 1. The van der Waals surface area contributed by atoms with Gasteiger partial charge in [-0.1, -0.05) is 12.1 Å². The first-order valence-corrected chi connectivity index (χ1v) is 11.2. The second-order valence-corrected chi connectivity index (χ2v) is 7.72. The van der Waals surface area contributed by atoms with Crippen LogP contribution >= 0.6 is 0 Å². The number of hydrogen-bond donors (Lipinski definition) is 2. The molecule has 0 fully saturated rings. The van der Waals surface area contributed by atoms with Crippen molar-refractivity contribution in [2.24, 2.45) is 0 Å². The number of methoxy groups -OCH3 is 2. The molecular weight excluding hydrogens is 460 g/mol. The molecule has 1 amide bonds. The zero-order chi connectivity index (χ0) is 25.3. The molecule has 0 atom stereocenters. The molecule has 1 heterocycles. The van der Waals surface area contributed by atoms with E-state index in [0.29, 0.717) is 41.9 Å². The molecule has 0 saturated heterocycles. The molecule has 2 N–H and O–H groups in total. The molecule has 0 aliphatic heterocycles. The topological polar surface area (TPSA) is 116 Å². The van der Waals surface area contributed by atoms with Gasteiger partial charge in [0.2, 0.25) is 5.91 Å². The number of anilines is 1. The fraction of sp³-hybridized carbons (Fsp3) is 0.185. The van der Waals surface area contributed by atoms with Crippen LogP contribution in [0, 0.1) is 0 Å². The third-order valence-electron chi connectivity index (χ3n) is 5.22.